The number of pyridine rings is 1. The van der Waals surface area contributed by atoms with Crippen molar-refractivity contribution < 1.29 is 14.6 Å². The molecule has 0 saturated carbocycles. The molecule has 0 radical (unpaired) electrons. The molecule has 0 aliphatic carbocycles. The first kappa shape index (κ1) is 11.9. The van der Waals surface area contributed by atoms with Gasteiger partial charge in [-0.2, -0.15) is 0 Å². The highest BCUT2D eigenvalue weighted by Gasteiger charge is 2.09. The van der Waals surface area contributed by atoms with Gasteiger partial charge in [-0.15, -0.1) is 0 Å². The average molecular weight is 245 g/mol. The van der Waals surface area contributed by atoms with Crippen LogP contribution in [0.4, 0.5) is 0 Å². The summed E-state index contributed by atoms with van der Waals surface area (Å²) in [6.45, 7) is 0. The summed E-state index contributed by atoms with van der Waals surface area (Å²) >= 11 is 0. The second kappa shape index (κ2) is 4.75. The molecule has 5 nitrogen and oxygen atoms in total. The standard InChI is InChI=1S/C13H11NO4/c1-18-9-4-2-3-8(7-9)11-6-5-10(13(16)17)12(15)14-11/h2-7H,1H3,(H,14,15)(H,16,17). The van der Waals surface area contributed by atoms with Gasteiger partial charge < -0.3 is 14.8 Å². The number of hydrogen-bond donors (Lipinski definition) is 2. The Morgan fingerprint density at radius 3 is 2.67 bits per heavy atom. The Hall–Kier alpha value is -2.56. The maximum Gasteiger partial charge on any atom is 0.341 e. The molecule has 1 heterocycles. The van der Waals surface area contributed by atoms with Crippen molar-refractivity contribution in [2.75, 3.05) is 7.11 Å². The summed E-state index contributed by atoms with van der Waals surface area (Å²) in [7, 11) is 1.55. The van der Waals surface area contributed by atoms with E-state index in [0.29, 0.717) is 11.4 Å². The normalized spacial score (nSPS) is 10.1. The number of aromatic amines is 1. The predicted molar refractivity (Wildman–Crippen MR) is 66.0 cm³/mol. The summed E-state index contributed by atoms with van der Waals surface area (Å²) in [4.78, 5) is 24.8. The number of ether oxygens (including phenoxy) is 1. The van der Waals surface area contributed by atoms with Gasteiger partial charge in [0.2, 0.25) is 0 Å². The number of carboxylic acids is 1. The van der Waals surface area contributed by atoms with Crippen LogP contribution in [0, 0.1) is 0 Å². The highest BCUT2D eigenvalue weighted by molar-refractivity contribution is 5.87. The summed E-state index contributed by atoms with van der Waals surface area (Å²) in [5.41, 5.74) is 0.400. The number of rotatable bonds is 3. The summed E-state index contributed by atoms with van der Waals surface area (Å²) < 4.78 is 5.08. The third kappa shape index (κ3) is 2.24. The number of carboxylic acid groups (broad SMARTS) is 1. The molecule has 0 atom stereocenters. The minimum Gasteiger partial charge on any atom is -0.497 e. The van der Waals surface area contributed by atoms with E-state index in [1.54, 1.807) is 37.4 Å². The molecule has 5 heteroatoms. The molecule has 1 aromatic heterocycles. The van der Waals surface area contributed by atoms with Crippen molar-refractivity contribution in [3.8, 4) is 17.0 Å². The maximum absolute atomic E-state index is 11.5. The smallest absolute Gasteiger partial charge is 0.341 e. The quantitative estimate of drug-likeness (QED) is 0.863. The molecule has 2 N–H and O–H groups in total. The van der Waals surface area contributed by atoms with E-state index in [-0.39, 0.29) is 5.56 Å². The van der Waals surface area contributed by atoms with Gasteiger partial charge in [-0.05, 0) is 24.3 Å². The number of H-pyrrole nitrogens is 1. The van der Waals surface area contributed by atoms with Gasteiger partial charge in [-0.1, -0.05) is 12.1 Å². The molecular formula is C13H11NO4. The van der Waals surface area contributed by atoms with Crippen LogP contribution < -0.4 is 10.3 Å². The molecule has 0 aliphatic heterocycles. The fourth-order valence-corrected chi connectivity index (χ4v) is 1.60. The van der Waals surface area contributed by atoms with E-state index in [0.717, 1.165) is 5.56 Å². The zero-order valence-corrected chi connectivity index (χ0v) is 9.64. The zero-order valence-electron chi connectivity index (χ0n) is 9.64. The topological polar surface area (TPSA) is 79.4 Å². The van der Waals surface area contributed by atoms with Gasteiger partial charge in [0.1, 0.15) is 11.3 Å². The van der Waals surface area contributed by atoms with Crippen LogP contribution in [0.15, 0.2) is 41.2 Å². The average Bonchev–Trinajstić information content (AvgIpc) is 2.38. The Morgan fingerprint density at radius 2 is 2.06 bits per heavy atom. The van der Waals surface area contributed by atoms with Gasteiger partial charge in [-0.25, -0.2) is 4.79 Å². The van der Waals surface area contributed by atoms with Crippen molar-refractivity contribution in [1.29, 1.82) is 0 Å². The first-order valence-electron chi connectivity index (χ1n) is 5.23. The number of aromatic carboxylic acids is 1. The van der Waals surface area contributed by atoms with Crippen molar-refractivity contribution in [2.45, 2.75) is 0 Å². The summed E-state index contributed by atoms with van der Waals surface area (Å²) in [5, 5.41) is 8.77. The second-order valence-electron chi connectivity index (χ2n) is 3.65. The number of aromatic nitrogens is 1. The number of hydrogen-bond acceptors (Lipinski definition) is 3. The van der Waals surface area contributed by atoms with E-state index in [4.69, 9.17) is 9.84 Å². The summed E-state index contributed by atoms with van der Waals surface area (Å²) in [6, 6.07) is 9.97. The van der Waals surface area contributed by atoms with Crippen LogP contribution in [0.5, 0.6) is 5.75 Å². The SMILES string of the molecule is COc1cccc(-c2ccc(C(=O)O)c(=O)[nH]2)c1. The monoisotopic (exact) mass is 245 g/mol. The first-order valence-corrected chi connectivity index (χ1v) is 5.23. The van der Waals surface area contributed by atoms with Gasteiger partial charge in [0.15, 0.2) is 0 Å². The van der Waals surface area contributed by atoms with E-state index in [9.17, 15) is 9.59 Å². The number of nitrogens with one attached hydrogen (secondary N) is 1. The Kier molecular flexibility index (Phi) is 3.14. The highest BCUT2D eigenvalue weighted by Crippen LogP contribution is 2.21. The van der Waals surface area contributed by atoms with E-state index >= 15 is 0 Å². The first-order chi connectivity index (χ1) is 8.61. The van der Waals surface area contributed by atoms with Crippen molar-refractivity contribution in [2.24, 2.45) is 0 Å². The predicted octanol–water partition coefficient (Wildman–Crippen LogP) is 1.75. The fraction of sp³-hybridized carbons (Fsp3) is 0.0769. The van der Waals surface area contributed by atoms with Crippen molar-refractivity contribution in [3.05, 3.63) is 52.3 Å². The molecule has 0 aliphatic rings. The van der Waals surface area contributed by atoms with Crippen LogP contribution in [0.3, 0.4) is 0 Å². The Labute approximate surface area is 103 Å². The van der Waals surface area contributed by atoms with Gasteiger partial charge in [0.25, 0.3) is 5.56 Å². The highest BCUT2D eigenvalue weighted by atomic mass is 16.5. The largest absolute Gasteiger partial charge is 0.497 e. The molecule has 1 aromatic carbocycles. The maximum atomic E-state index is 11.5. The van der Waals surface area contributed by atoms with Crippen molar-refractivity contribution in [3.63, 3.8) is 0 Å². The molecular weight excluding hydrogens is 234 g/mol. The van der Waals surface area contributed by atoms with Crippen molar-refractivity contribution in [1.82, 2.24) is 4.98 Å². The van der Waals surface area contributed by atoms with Crippen LogP contribution in [-0.4, -0.2) is 23.2 Å². The molecule has 18 heavy (non-hydrogen) atoms. The Balaban J connectivity index is 2.48. The fourth-order valence-electron chi connectivity index (χ4n) is 1.60. The molecule has 0 amide bonds. The number of methoxy groups -OCH3 is 1. The van der Waals surface area contributed by atoms with Crippen LogP contribution in [0.25, 0.3) is 11.3 Å². The Morgan fingerprint density at radius 1 is 1.28 bits per heavy atom. The molecule has 2 rings (SSSR count). The van der Waals surface area contributed by atoms with E-state index in [2.05, 4.69) is 4.98 Å². The van der Waals surface area contributed by atoms with E-state index in [1.165, 1.54) is 6.07 Å². The lowest BCUT2D eigenvalue weighted by molar-refractivity contribution is 0.0695. The van der Waals surface area contributed by atoms with Gasteiger partial charge in [0.05, 0.1) is 7.11 Å². The zero-order chi connectivity index (χ0) is 13.1. The lowest BCUT2D eigenvalue weighted by atomic mass is 10.1. The van der Waals surface area contributed by atoms with Gasteiger partial charge >= 0.3 is 5.97 Å². The minimum atomic E-state index is -1.24. The van der Waals surface area contributed by atoms with Crippen LogP contribution >= 0.6 is 0 Å². The molecule has 0 fully saturated rings. The number of carbonyl (C=O) groups is 1. The third-order valence-electron chi connectivity index (χ3n) is 2.52. The molecule has 92 valence electrons. The summed E-state index contributed by atoms with van der Waals surface area (Å²) in [6.07, 6.45) is 0. The lowest BCUT2D eigenvalue weighted by Crippen LogP contribution is -2.17. The van der Waals surface area contributed by atoms with Crippen LogP contribution in [-0.2, 0) is 0 Å². The Bertz CT molecular complexity index is 645. The molecule has 0 saturated heterocycles. The van der Waals surface area contributed by atoms with Gasteiger partial charge in [0, 0.05) is 11.3 Å². The lowest BCUT2D eigenvalue weighted by Gasteiger charge is -2.04. The third-order valence-corrected chi connectivity index (χ3v) is 2.52. The molecule has 0 spiro atoms. The number of benzene rings is 1. The van der Waals surface area contributed by atoms with E-state index in [1.807, 2.05) is 0 Å². The molecule has 2 aromatic rings. The van der Waals surface area contributed by atoms with Gasteiger partial charge in [-0.3, -0.25) is 4.79 Å². The van der Waals surface area contributed by atoms with Crippen LogP contribution in [0.1, 0.15) is 10.4 Å². The minimum absolute atomic E-state index is 0.276. The van der Waals surface area contributed by atoms with E-state index < -0.39 is 11.5 Å². The van der Waals surface area contributed by atoms with Crippen LogP contribution in [0.2, 0.25) is 0 Å². The second-order valence-corrected chi connectivity index (χ2v) is 3.65. The summed E-state index contributed by atoms with van der Waals surface area (Å²) in [5.74, 6) is -0.580. The molecule has 0 bridgehead atoms. The molecule has 0 unspecified atom stereocenters. The van der Waals surface area contributed by atoms with Crippen molar-refractivity contribution >= 4 is 5.97 Å².